The Morgan fingerprint density at radius 1 is 1.05 bits per heavy atom. The van der Waals surface area contributed by atoms with Gasteiger partial charge in [-0.05, 0) is 42.7 Å². The Balaban J connectivity index is 1.64. The zero-order valence-corrected chi connectivity index (χ0v) is 21.7. The first-order chi connectivity index (χ1) is 18.0. The van der Waals surface area contributed by atoms with Gasteiger partial charge in [0.1, 0.15) is 23.7 Å². The highest BCUT2D eigenvalue weighted by Gasteiger charge is 2.42. The number of hydrogen-bond acceptors (Lipinski definition) is 7. The van der Waals surface area contributed by atoms with Gasteiger partial charge in [-0.3, -0.25) is 0 Å². The van der Waals surface area contributed by atoms with Crippen molar-refractivity contribution in [1.29, 1.82) is 0 Å². The van der Waals surface area contributed by atoms with Crippen LogP contribution in [-0.4, -0.2) is 35.2 Å². The van der Waals surface area contributed by atoms with Crippen LogP contribution in [0.25, 0.3) is 5.70 Å². The van der Waals surface area contributed by atoms with Crippen molar-refractivity contribution in [2.75, 3.05) is 25.8 Å². The van der Waals surface area contributed by atoms with Crippen LogP contribution in [0.5, 0.6) is 17.2 Å². The first-order valence-electron chi connectivity index (χ1n) is 11.5. The van der Waals surface area contributed by atoms with E-state index in [0.29, 0.717) is 38.9 Å². The second-order valence-electron chi connectivity index (χ2n) is 8.50. The Labute approximate surface area is 222 Å². The number of rotatable bonds is 5. The standard InChI is InChI=1S/C27H22ClFN4O3S/c1-34-20-10-8-14(12-21(20)35-2)25-22-23(17-13-15(28)9-11-19(17)36-25)30-26-31-27(37-3)32-33(26)24(22)16-6-4-5-7-18(16)29/h4-13,24-25H,1-3H3,(H,30,31,32)/t24-,25+/m0/s1. The van der Waals surface area contributed by atoms with Crippen molar-refractivity contribution in [3.63, 3.8) is 0 Å². The molecule has 0 saturated carbocycles. The molecule has 2 aliphatic rings. The van der Waals surface area contributed by atoms with Gasteiger partial charge in [0, 0.05) is 27.3 Å². The molecule has 7 nitrogen and oxygen atoms in total. The molecular weight excluding hydrogens is 515 g/mol. The minimum Gasteiger partial charge on any atom is -0.493 e. The van der Waals surface area contributed by atoms with Crippen LogP contribution >= 0.6 is 23.4 Å². The summed E-state index contributed by atoms with van der Waals surface area (Å²) >= 11 is 7.82. The Morgan fingerprint density at radius 2 is 1.86 bits per heavy atom. The monoisotopic (exact) mass is 536 g/mol. The molecule has 0 spiro atoms. The lowest BCUT2D eigenvalue weighted by Crippen LogP contribution is -2.32. The van der Waals surface area contributed by atoms with Gasteiger partial charge >= 0.3 is 0 Å². The first kappa shape index (κ1) is 23.7. The van der Waals surface area contributed by atoms with Gasteiger partial charge in [0.05, 0.1) is 19.9 Å². The average molecular weight is 537 g/mol. The number of nitrogens with one attached hydrogen (secondary N) is 1. The Bertz CT molecular complexity index is 1560. The summed E-state index contributed by atoms with van der Waals surface area (Å²) in [5, 5.41) is 9.27. The summed E-state index contributed by atoms with van der Waals surface area (Å²) in [7, 11) is 3.17. The second-order valence-corrected chi connectivity index (χ2v) is 9.71. The molecular formula is C27H22ClFN4O3S. The van der Waals surface area contributed by atoms with Crippen LogP contribution in [0.3, 0.4) is 0 Å². The molecule has 4 aromatic rings. The van der Waals surface area contributed by atoms with E-state index in [1.807, 2.05) is 42.7 Å². The van der Waals surface area contributed by atoms with E-state index in [1.54, 1.807) is 37.1 Å². The Morgan fingerprint density at radius 3 is 2.62 bits per heavy atom. The summed E-state index contributed by atoms with van der Waals surface area (Å²) in [6.07, 6.45) is 1.30. The topological polar surface area (TPSA) is 70.4 Å². The number of thioether (sulfide) groups is 1. The molecule has 2 aliphatic heterocycles. The molecule has 0 amide bonds. The van der Waals surface area contributed by atoms with Gasteiger partial charge in [-0.1, -0.05) is 47.6 Å². The molecule has 0 fully saturated rings. The minimum atomic E-state index is -0.633. The van der Waals surface area contributed by atoms with E-state index in [0.717, 1.165) is 22.4 Å². The second kappa shape index (κ2) is 9.32. The van der Waals surface area contributed by atoms with E-state index < -0.39 is 12.1 Å². The molecule has 0 unspecified atom stereocenters. The van der Waals surface area contributed by atoms with E-state index in [2.05, 4.69) is 10.3 Å². The molecule has 3 aromatic carbocycles. The molecule has 0 saturated heterocycles. The quantitative estimate of drug-likeness (QED) is 0.297. The number of methoxy groups -OCH3 is 2. The van der Waals surface area contributed by atoms with Gasteiger partial charge in [-0.2, -0.15) is 4.98 Å². The van der Waals surface area contributed by atoms with Crippen molar-refractivity contribution in [3.05, 3.63) is 93.8 Å². The maximum Gasteiger partial charge on any atom is 0.227 e. The number of benzene rings is 3. The molecule has 3 heterocycles. The average Bonchev–Trinajstić information content (AvgIpc) is 3.34. The summed E-state index contributed by atoms with van der Waals surface area (Å²) in [5.41, 5.74) is 3.56. The van der Waals surface area contributed by atoms with Crippen LogP contribution < -0.4 is 19.5 Å². The lowest BCUT2D eigenvalue weighted by Gasteiger charge is -2.39. The van der Waals surface area contributed by atoms with Crippen molar-refractivity contribution in [2.45, 2.75) is 17.3 Å². The molecule has 0 radical (unpaired) electrons. The zero-order chi connectivity index (χ0) is 25.7. The lowest BCUT2D eigenvalue weighted by molar-refractivity contribution is 0.221. The number of fused-ring (bicyclic) bond motifs is 3. The molecule has 10 heteroatoms. The molecule has 37 heavy (non-hydrogen) atoms. The van der Waals surface area contributed by atoms with Gasteiger partial charge in [0.15, 0.2) is 11.5 Å². The number of nitrogens with zero attached hydrogens (tertiary/aromatic N) is 3. The summed E-state index contributed by atoms with van der Waals surface area (Å²) in [6, 6.07) is 17.1. The molecule has 6 rings (SSSR count). The molecule has 1 N–H and O–H groups in total. The number of anilines is 1. The highest BCUT2D eigenvalue weighted by Crippen LogP contribution is 2.52. The van der Waals surface area contributed by atoms with Crippen LogP contribution in [0, 0.1) is 5.82 Å². The maximum atomic E-state index is 15.4. The normalized spacial score (nSPS) is 17.8. The van der Waals surface area contributed by atoms with Crippen molar-refractivity contribution in [1.82, 2.24) is 14.8 Å². The molecule has 188 valence electrons. The summed E-state index contributed by atoms with van der Waals surface area (Å²) < 4.78 is 34.8. The third-order valence-electron chi connectivity index (χ3n) is 6.51. The van der Waals surface area contributed by atoms with Crippen molar-refractivity contribution in [3.8, 4) is 17.2 Å². The largest absolute Gasteiger partial charge is 0.493 e. The first-order valence-corrected chi connectivity index (χ1v) is 13.1. The lowest BCUT2D eigenvalue weighted by atomic mass is 9.84. The third kappa shape index (κ3) is 3.89. The SMILES string of the molecule is COc1ccc([C@H]2Oc3ccc(Cl)cc3C3=C2[C@H](c2ccccc2F)n2nc(SC)nc2N3)cc1OC. The summed E-state index contributed by atoms with van der Waals surface area (Å²) in [4.78, 5) is 4.65. The van der Waals surface area contributed by atoms with Gasteiger partial charge in [0.25, 0.3) is 0 Å². The zero-order valence-electron chi connectivity index (χ0n) is 20.2. The van der Waals surface area contributed by atoms with Gasteiger partial charge in [0.2, 0.25) is 11.1 Å². The van der Waals surface area contributed by atoms with E-state index >= 15 is 4.39 Å². The van der Waals surface area contributed by atoms with E-state index in [-0.39, 0.29) is 5.82 Å². The summed E-state index contributed by atoms with van der Waals surface area (Å²) in [6.45, 7) is 0. The minimum absolute atomic E-state index is 0.351. The summed E-state index contributed by atoms with van der Waals surface area (Å²) in [5.74, 6) is 1.95. The van der Waals surface area contributed by atoms with Crippen molar-refractivity contribution in [2.24, 2.45) is 0 Å². The van der Waals surface area contributed by atoms with Crippen molar-refractivity contribution < 1.29 is 18.6 Å². The van der Waals surface area contributed by atoms with Gasteiger partial charge in [-0.25, -0.2) is 9.07 Å². The van der Waals surface area contributed by atoms with Crippen LogP contribution in [0.2, 0.25) is 5.02 Å². The van der Waals surface area contributed by atoms with E-state index in [9.17, 15) is 0 Å². The highest BCUT2D eigenvalue weighted by atomic mass is 35.5. The predicted octanol–water partition coefficient (Wildman–Crippen LogP) is 6.37. The highest BCUT2D eigenvalue weighted by molar-refractivity contribution is 7.98. The molecule has 0 bridgehead atoms. The van der Waals surface area contributed by atoms with Gasteiger partial charge in [-0.15, -0.1) is 5.10 Å². The number of ether oxygens (including phenoxy) is 3. The molecule has 0 aliphatic carbocycles. The molecule has 2 atom stereocenters. The Hall–Kier alpha value is -3.69. The third-order valence-corrected chi connectivity index (χ3v) is 7.28. The number of halogens is 2. The fourth-order valence-electron chi connectivity index (χ4n) is 4.86. The van der Waals surface area contributed by atoms with Crippen LogP contribution in [0.15, 0.2) is 71.4 Å². The van der Waals surface area contributed by atoms with Crippen molar-refractivity contribution >= 4 is 35.0 Å². The number of hydrogen-bond donors (Lipinski definition) is 1. The number of aromatic nitrogens is 3. The Kier molecular flexibility index (Phi) is 5.97. The van der Waals surface area contributed by atoms with Gasteiger partial charge < -0.3 is 19.5 Å². The van der Waals surface area contributed by atoms with Crippen LogP contribution in [-0.2, 0) is 0 Å². The van der Waals surface area contributed by atoms with E-state index in [4.69, 9.17) is 30.9 Å². The predicted molar refractivity (Wildman–Crippen MR) is 141 cm³/mol. The fraction of sp³-hybridized carbons (Fsp3) is 0.185. The fourth-order valence-corrected chi connectivity index (χ4v) is 5.38. The van der Waals surface area contributed by atoms with E-state index in [1.165, 1.54) is 17.8 Å². The molecule has 1 aromatic heterocycles. The maximum absolute atomic E-state index is 15.4. The van der Waals surface area contributed by atoms with Crippen LogP contribution in [0.1, 0.15) is 28.8 Å². The van der Waals surface area contributed by atoms with Crippen LogP contribution in [0.4, 0.5) is 10.3 Å². The smallest absolute Gasteiger partial charge is 0.227 e.